The van der Waals surface area contributed by atoms with E-state index in [9.17, 15) is 4.79 Å². The van der Waals surface area contributed by atoms with Crippen molar-refractivity contribution in [2.24, 2.45) is 0 Å². The van der Waals surface area contributed by atoms with Gasteiger partial charge in [0.2, 0.25) is 5.91 Å². The summed E-state index contributed by atoms with van der Waals surface area (Å²) < 4.78 is 0. The molecule has 19 heavy (non-hydrogen) atoms. The van der Waals surface area contributed by atoms with E-state index in [2.05, 4.69) is 30.4 Å². The lowest BCUT2D eigenvalue weighted by molar-refractivity contribution is -0.118. The van der Waals surface area contributed by atoms with Gasteiger partial charge in [-0.3, -0.25) is 4.79 Å². The van der Waals surface area contributed by atoms with Crippen LogP contribution in [0.3, 0.4) is 0 Å². The molecule has 0 aromatic heterocycles. The Morgan fingerprint density at radius 1 is 1.26 bits per heavy atom. The minimum absolute atomic E-state index is 0.228. The van der Waals surface area contributed by atoms with Crippen molar-refractivity contribution >= 4 is 11.6 Å². The number of hydrogen-bond donors (Lipinski definition) is 1. The molecule has 0 atom stereocenters. The van der Waals surface area contributed by atoms with Crippen molar-refractivity contribution in [2.45, 2.75) is 39.0 Å². The Kier molecular flexibility index (Phi) is 4.97. The van der Waals surface area contributed by atoms with Crippen LogP contribution in [0.25, 0.3) is 0 Å². The summed E-state index contributed by atoms with van der Waals surface area (Å²) in [4.78, 5) is 13.4. The molecule has 104 valence electrons. The summed E-state index contributed by atoms with van der Waals surface area (Å²) in [5, 5.41) is 3.35. The van der Waals surface area contributed by atoms with E-state index >= 15 is 0 Å². The summed E-state index contributed by atoms with van der Waals surface area (Å²) in [6, 6.07) is 6.55. The highest BCUT2D eigenvalue weighted by molar-refractivity contribution is 5.95. The standard InChI is InChI=1S/C16H24N2O/c1-3-17-11-5-4-6-13-7-9-15-14(12-13)8-10-16(19)18(15)2/h7,9,12,17H,3-6,8,10-11H2,1-2H3. The highest BCUT2D eigenvalue weighted by Gasteiger charge is 2.20. The fourth-order valence-electron chi connectivity index (χ4n) is 2.62. The predicted octanol–water partition coefficient (Wildman–Crippen LogP) is 2.53. The number of rotatable bonds is 6. The van der Waals surface area contributed by atoms with Gasteiger partial charge in [-0.05, 0) is 56.0 Å². The minimum atomic E-state index is 0.228. The molecule has 3 heteroatoms. The van der Waals surface area contributed by atoms with Gasteiger partial charge in [0.25, 0.3) is 0 Å². The second-order valence-corrected chi connectivity index (χ2v) is 5.23. The molecule has 0 unspecified atom stereocenters. The molecule has 1 aromatic rings. The normalized spacial score (nSPS) is 14.6. The Hall–Kier alpha value is -1.35. The Morgan fingerprint density at radius 3 is 2.89 bits per heavy atom. The van der Waals surface area contributed by atoms with Gasteiger partial charge >= 0.3 is 0 Å². The SMILES string of the molecule is CCNCCCCc1ccc2c(c1)CCC(=O)N2C. The van der Waals surface area contributed by atoms with Crippen molar-refractivity contribution in [3.05, 3.63) is 29.3 Å². The summed E-state index contributed by atoms with van der Waals surface area (Å²) in [6.07, 6.45) is 5.12. The molecule has 0 radical (unpaired) electrons. The van der Waals surface area contributed by atoms with Gasteiger partial charge in [-0.1, -0.05) is 19.1 Å². The quantitative estimate of drug-likeness (QED) is 0.797. The third-order valence-corrected chi connectivity index (χ3v) is 3.81. The molecule has 0 bridgehead atoms. The summed E-state index contributed by atoms with van der Waals surface area (Å²) >= 11 is 0. The van der Waals surface area contributed by atoms with Gasteiger partial charge in [0.05, 0.1) is 0 Å². The van der Waals surface area contributed by atoms with E-state index in [1.807, 2.05) is 7.05 Å². The largest absolute Gasteiger partial charge is 0.317 e. The molecule has 1 N–H and O–H groups in total. The molecule has 1 aliphatic heterocycles. The van der Waals surface area contributed by atoms with Crippen LogP contribution in [0.5, 0.6) is 0 Å². The number of unbranched alkanes of at least 4 members (excludes halogenated alkanes) is 1. The molecule has 3 nitrogen and oxygen atoms in total. The van der Waals surface area contributed by atoms with E-state index < -0.39 is 0 Å². The molecule has 1 aliphatic rings. The van der Waals surface area contributed by atoms with Crippen molar-refractivity contribution in [1.29, 1.82) is 0 Å². The molecular weight excluding hydrogens is 236 g/mol. The second kappa shape index (κ2) is 6.71. The summed E-state index contributed by atoms with van der Waals surface area (Å²) in [6.45, 7) is 4.30. The number of benzene rings is 1. The van der Waals surface area contributed by atoms with E-state index in [0.717, 1.165) is 31.6 Å². The molecule has 0 spiro atoms. The minimum Gasteiger partial charge on any atom is -0.317 e. The summed E-state index contributed by atoms with van der Waals surface area (Å²) in [5.74, 6) is 0.228. The highest BCUT2D eigenvalue weighted by atomic mass is 16.2. The smallest absolute Gasteiger partial charge is 0.227 e. The number of carbonyl (C=O) groups is 1. The lowest BCUT2D eigenvalue weighted by Crippen LogP contribution is -2.31. The maximum absolute atomic E-state index is 11.6. The molecule has 0 aliphatic carbocycles. The molecule has 1 aromatic carbocycles. The highest BCUT2D eigenvalue weighted by Crippen LogP contribution is 2.27. The molecular formula is C16H24N2O. The number of amides is 1. The zero-order valence-electron chi connectivity index (χ0n) is 12.0. The Morgan fingerprint density at radius 2 is 2.11 bits per heavy atom. The second-order valence-electron chi connectivity index (χ2n) is 5.23. The van der Waals surface area contributed by atoms with E-state index in [0.29, 0.717) is 6.42 Å². The van der Waals surface area contributed by atoms with Crippen LogP contribution in [-0.2, 0) is 17.6 Å². The maximum atomic E-state index is 11.6. The lowest BCUT2D eigenvalue weighted by Gasteiger charge is -2.26. The van der Waals surface area contributed by atoms with Crippen molar-refractivity contribution in [1.82, 2.24) is 5.32 Å². The summed E-state index contributed by atoms with van der Waals surface area (Å²) in [5.41, 5.74) is 3.82. The molecule has 2 rings (SSSR count). The first-order chi connectivity index (χ1) is 9.22. The van der Waals surface area contributed by atoms with Gasteiger partial charge < -0.3 is 10.2 Å². The molecule has 0 saturated carbocycles. The first-order valence-corrected chi connectivity index (χ1v) is 7.31. The van der Waals surface area contributed by atoms with Gasteiger partial charge in [-0.25, -0.2) is 0 Å². The van der Waals surface area contributed by atoms with Crippen LogP contribution in [0, 0.1) is 0 Å². The maximum Gasteiger partial charge on any atom is 0.227 e. The Bertz CT molecular complexity index is 442. The number of nitrogens with one attached hydrogen (secondary N) is 1. The number of carbonyl (C=O) groups excluding carboxylic acids is 1. The van der Waals surface area contributed by atoms with Gasteiger partial charge in [0.1, 0.15) is 0 Å². The Balaban J connectivity index is 1.92. The van der Waals surface area contributed by atoms with E-state index in [-0.39, 0.29) is 5.91 Å². The topological polar surface area (TPSA) is 32.3 Å². The van der Waals surface area contributed by atoms with E-state index in [4.69, 9.17) is 0 Å². The first kappa shape index (κ1) is 14.1. The van der Waals surface area contributed by atoms with Gasteiger partial charge in [-0.15, -0.1) is 0 Å². The Labute approximate surface area is 116 Å². The van der Waals surface area contributed by atoms with E-state index in [1.165, 1.54) is 24.0 Å². The molecule has 1 amide bonds. The van der Waals surface area contributed by atoms with Crippen LogP contribution in [0.2, 0.25) is 0 Å². The summed E-state index contributed by atoms with van der Waals surface area (Å²) in [7, 11) is 1.87. The van der Waals surface area contributed by atoms with Crippen molar-refractivity contribution in [3.8, 4) is 0 Å². The average Bonchev–Trinajstić information content (AvgIpc) is 2.43. The van der Waals surface area contributed by atoms with Crippen molar-refractivity contribution < 1.29 is 4.79 Å². The average molecular weight is 260 g/mol. The van der Waals surface area contributed by atoms with E-state index in [1.54, 1.807) is 4.90 Å². The number of fused-ring (bicyclic) bond motifs is 1. The van der Waals surface area contributed by atoms with Crippen LogP contribution in [0.1, 0.15) is 37.3 Å². The molecule has 1 heterocycles. The van der Waals surface area contributed by atoms with Crippen LogP contribution in [0.4, 0.5) is 5.69 Å². The fraction of sp³-hybridized carbons (Fsp3) is 0.562. The molecule has 0 saturated heterocycles. The number of anilines is 1. The zero-order chi connectivity index (χ0) is 13.7. The van der Waals surface area contributed by atoms with Crippen LogP contribution >= 0.6 is 0 Å². The van der Waals surface area contributed by atoms with Gasteiger partial charge in [0, 0.05) is 19.2 Å². The van der Waals surface area contributed by atoms with Crippen molar-refractivity contribution in [3.63, 3.8) is 0 Å². The van der Waals surface area contributed by atoms with Crippen LogP contribution < -0.4 is 10.2 Å². The predicted molar refractivity (Wildman–Crippen MR) is 79.7 cm³/mol. The van der Waals surface area contributed by atoms with Crippen LogP contribution in [0.15, 0.2) is 18.2 Å². The monoisotopic (exact) mass is 260 g/mol. The first-order valence-electron chi connectivity index (χ1n) is 7.31. The third kappa shape index (κ3) is 3.57. The number of hydrogen-bond acceptors (Lipinski definition) is 2. The van der Waals surface area contributed by atoms with Crippen molar-refractivity contribution in [2.75, 3.05) is 25.0 Å². The third-order valence-electron chi connectivity index (χ3n) is 3.81. The zero-order valence-corrected chi connectivity index (χ0v) is 12.0. The van der Waals surface area contributed by atoms with Gasteiger partial charge in [-0.2, -0.15) is 0 Å². The fourth-order valence-corrected chi connectivity index (χ4v) is 2.62. The lowest BCUT2D eigenvalue weighted by atomic mass is 9.97. The van der Waals surface area contributed by atoms with Gasteiger partial charge in [0.15, 0.2) is 0 Å². The van der Waals surface area contributed by atoms with Crippen LogP contribution in [-0.4, -0.2) is 26.0 Å². The molecule has 0 fully saturated rings. The number of nitrogens with zero attached hydrogens (tertiary/aromatic N) is 1. The number of aryl methyl sites for hydroxylation is 2.